The maximum Gasteiger partial charge on any atom is 0.416 e. The molecule has 0 bridgehead atoms. The zero-order chi connectivity index (χ0) is 43.5. The number of halogens is 18. The number of hydrogen-bond acceptors (Lipinski definition) is 6. The van der Waals surface area contributed by atoms with E-state index in [2.05, 4.69) is 0 Å². The van der Waals surface area contributed by atoms with E-state index in [0.717, 1.165) is 0 Å². The molecule has 0 unspecified atom stereocenters. The van der Waals surface area contributed by atoms with Gasteiger partial charge in [0.1, 0.15) is 11.4 Å². The summed E-state index contributed by atoms with van der Waals surface area (Å²) in [5.74, 6) is 0. The second-order valence-electron chi connectivity index (χ2n) is 11.6. The number of benzene rings is 4. The first-order valence-corrected chi connectivity index (χ1v) is 14.5. The highest BCUT2D eigenvalue weighted by Crippen LogP contribution is 2.58. The van der Waals surface area contributed by atoms with Gasteiger partial charge in [0, 0.05) is 23.5 Å². The van der Waals surface area contributed by atoms with Gasteiger partial charge >= 0.3 is 37.1 Å². The molecule has 0 aliphatic heterocycles. The third-order valence-electron chi connectivity index (χ3n) is 7.84. The van der Waals surface area contributed by atoms with Crippen molar-refractivity contribution in [2.45, 2.75) is 42.5 Å². The molecule has 0 saturated heterocycles. The van der Waals surface area contributed by atoms with Crippen molar-refractivity contribution in [1.29, 1.82) is 0 Å². The van der Waals surface area contributed by atoms with Crippen molar-refractivity contribution in [2.24, 2.45) is 0 Å². The van der Waals surface area contributed by atoms with Crippen LogP contribution in [0.1, 0.15) is 33.4 Å². The highest BCUT2D eigenvalue weighted by Gasteiger charge is 2.73. The van der Waals surface area contributed by atoms with Gasteiger partial charge in [-0.1, -0.05) is 12.1 Å². The van der Waals surface area contributed by atoms with Crippen LogP contribution in [-0.4, -0.2) is 22.2 Å². The van der Waals surface area contributed by atoms with Gasteiger partial charge in [-0.3, -0.25) is 20.2 Å². The Morgan fingerprint density at radius 2 is 0.649 bits per heavy atom. The first-order valence-electron chi connectivity index (χ1n) is 14.5. The predicted octanol–water partition coefficient (Wildman–Crippen LogP) is 12.5. The summed E-state index contributed by atoms with van der Waals surface area (Å²) in [6.45, 7) is 0. The average Bonchev–Trinajstić information content (AvgIpc) is 3.02. The fourth-order valence-electron chi connectivity index (χ4n) is 5.39. The lowest BCUT2D eigenvalue weighted by molar-refractivity contribution is -0.384. The summed E-state index contributed by atoms with van der Waals surface area (Å²) in [5, 5.41) is 27.3. The molecule has 2 N–H and O–H groups in total. The van der Waals surface area contributed by atoms with Crippen molar-refractivity contribution in [3.05, 3.63) is 126 Å². The van der Waals surface area contributed by atoms with Crippen molar-refractivity contribution >= 4 is 34.1 Å². The molecule has 0 spiro atoms. The Balaban J connectivity index is 1.96. The minimum atomic E-state index is -6.68. The van der Waals surface area contributed by atoms with Crippen LogP contribution in [0.3, 0.4) is 0 Å². The topological polar surface area (TPSA) is 110 Å². The number of alkyl halides is 18. The van der Waals surface area contributed by atoms with Crippen LogP contribution in [-0.2, 0) is 30.1 Å². The maximum absolute atomic E-state index is 14.9. The second-order valence-corrected chi connectivity index (χ2v) is 11.6. The van der Waals surface area contributed by atoms with Gasteiger partial charge < -0.3 is 10.6 Å². The average molecular weight is 848 g/mol. The summed E-state index contributed by atoms with van der Waals surface area (Å²) < 4.78 is 250. The van der Waals surface area contributed by atoms with Crippen molar-refractivity contribution in [1.82, 2.24) is 0 Å². The van der Waals surface area contributed by atoms with E-state index in [0.29, 0.717) is 0 Å². The fourth-order valence-corrected chi connectivity index (χ4v) is 5.39. The molecule has 0 heterocycles. The molecule has 4 aromatic rings. The molecule has 0 aliphatic rings. The van der Waals surface area contributed by atoms with Crippen LogP contribution in [0, 0.1) is 20.2 Å². The summed E-state index contributed by atoms with van der Waals surface area (Å²) >= 11 is 0. The van der Waals surface area contributed by atoms with E-state index in [1.165, 1.54) is 0 Å². The van der Waals surface area contributed by atoms with Crippen LogP contribution in [0.4, 0.5) is 113 Å². The van der Waals surface area contributed by atoms with E-state index < -0.39 is 132 Å². The van der Waals surface area contributed by atoms with Crippen LogP contribution < -0.4 is 10.6 Å². The van der Waals surface area contributed by atoms with Gasteiger partial charge in [-0.25, -0.2) is 0 Å². The molecule has 57 heavy (non-hydrogen) atoms. The monoisotopic (exact) mass is 848 g/mol. The summed E-state index contributed by atoms with van der Waals surface area (Å²) in [7, 11) is 0. The predicted molar refractivity (Wildman–Crippen MR) is 159 cm³/mol. The Labute approximate surface area is 303 Å². The molecule has 0 saturated carbocycles. The molecule has 0 aliphatic carbocycles. The quantitative estimate of drug-likeness (QED) is 0.104. The minimum absolute atomic E-state index is 0.0272. The van der Waals surface area contributed by atoms with E-state index in [-0.39, 0.29) is 60.7 Å². The van der Waals surface area contributed by atoms with E-state index in [4.69, 9.17) is 0 Å². The van der Waals surface area contributed by atoms with Gasteiger partial charge in [0.15, 0.2) is 0 Å². The van der Waals surface area contributed by atoms with Crippen molar-refractivity contribution in [2.75, 3.05) is 10.6 Å². The molecule has 0 radical (unpaired) electrons. The third-order valence-corrected chi connectivity index (χ3v) is 7.84. The van der Waals surface area contributed by atoms with Crippen LogP contribution in [0.5, 0.6) is 0 Å². The Bertz CT molecular complexity index is 1990. The van der Waals surface area contributed by atoms with Crippen molar-refractivity contribution in [3.63, 3.8) is 0 Å². The molecule has 4 rings (SSSR count). The standard InChI is InChI=1S/C31H14F18N4O4/c32-26(33,34)15-5-16(27(35,36)37)8-19(7-15)50-21-3-1-13(11-23(21)52(54)55)25(30(44,45)46,31(47,48)49)14-2-4-22(24(12-14)53(56)57)51-20-9-17(28(38,39)40)6-18(10-20)29(41,42)43/h1-12,50-51H. The Hall–Kier alpha value is -5.98. The Morgan fingerprint density at radius 3 is 0.860 bits per heavy atom. The van der Waals surface area contributed by atoms with Gasteiger partial charge in [0.25, 0.3) is 11.4 Å². The number of hydrogen-bond donors (Lipinski definition) is 2. The Morgan fingerprint density at radius 1 is 0.386 bits per heavy atom. The molecular weight excluding hydrogens is 834 g/mol. The molecule has 8 nitrogen and oxygen atoms in total. The molecule has 0 amide bonds. The van der Waals surface area contributed by atoms with Gasteiger partial charge in [-0.15, -0.1) is 0 Å². The second kappa shape index (κ2) is 14.2. The molecule has 4 aromatic carbocycles. The highest BCUT2D eigenvalue weighted by molar-refractivity contribution is 5.74. The third kappa shape index (κ3) is 8.87. The number of nitro benzene ring substituents is 2. The van der Waals surface area contributed by atoms with Crippen molar-refractivity contribution in [3.8, 4) is 0 Å². The lowest BCUT2D eigenvalue weighted by atomic mass is 9.72. The van der Waals surface area contributed by atoms with Crippen LogP contribution in [0.2, 0.25) is 0 Å². The minimum Gasteiger partial charge on any atom is -0.350 e. The van der Waals surface area contributed by atoms with Gasteiger partial charge in [0.05, 0.1) is 32.1 Å². The largest absolute Gasteiger partial charge is 0.416 e. The van der Waals surface area contributed by atoms with Gasteiger partial charge in [-0.2, -0.15) is 79.0 Å². The number of nitrogens with zero attached hydrogens (tertiary/aromatic N) is 2. The Kier molecular flexibility index (Phi) is 10.9. The molecular formula is C31H14F18N4O4. The first-order chi connectivity index (χ1) is 25.7. The van der Waals surface area contributed by atoms with Crippen LogP contribution in [0.15, 0.2) is 72.8 Å². The van der Waals surface area contributed by atoms with E-state index in [1.54, 1.807) is 10.6 Å². The highest BCUT2D eigenvalue weighted by atomic mass is 19.4. The molecule has 0 fully saturated rings. The summed E-state index contributed by atoms with van der Waals surface area (Å²) in [6, 6.07) is -1.91. The number of rotatable bonds is 8. The number of nitro groups is 2. The zero-order valence-electron chi connectivity index (χ0n) is 26.8. The number of anilines is 4. The van der Waals surface area contributed by atoms with E-state index >= 15 is 0 Å². The molecule has 0 aromatic heterocycles. The normalized spacial score (nSPS) is 13.4. The number of nitrogens with one attached hydrogen (secondary N) is 2. The van der Waals surface area contributed by atoms with Crippen LogP contribution in [0.25, 0.3) is 0 Å². The van der Waals surface area contributed by atoms with Crippen LogP contribution >= 0.6 is 0 Å². The smallest absolute Gasteiger partial charge is 0.350 e. The van der Waals surface area contributed by atoms with Gasteiger partial charge in [-0.05, 0) is 59.7 Å². The molecule has 308 valence electrons. The SMILES string of the molecule is O=[N+]([O-])c1cc(C(c2ccc(Nc3cc(C(F)(F)F)cc(C(F)(F)F)c3)c([N+](=O)[O-])c2)(C(F)(F)F)C(F)(F)F)ccc1Nc1cc(C(F)(F)F)cc(C(F)(F)F)c1. The van der Waals surface area contributed by atoms with Crippen molar-refractivity contribution < 1.29 is 88.9 Å². The maximum atomic E-state index is 14.9. The summed E-state index contributed by atoms with van der Waals surface area (Å²) in [5.41, 5.74) is -26.3. The fraction of sp³-hybridized carbons (Fsp3) is 0.226. The zero-order valence-corrected chi connectivity index (χ0v) is 26.8. The van der Waals surface area contributed by atoms with Gasteiger partial charge in [0.2, 0.25) is 5.41 Å². The van der Waals surface area contributed by atoms with E-state index in [9.17, 15) is 99.3 Å². The lowest BCUT2D eigenvalue weighted by Crippen LogP contribution is -2.54. The summed E-state index contributed by atoms with van der Waals surface area (Å²) in [6.07, 6.45) is -35.2. The summed E-state index contributed by atoms with van der Waals surface area (Å²) in [4.78, 5) is 20.5. The van der Waals surface area contributed by atoms with E-state index in [1.807, 2.05) is 0 Å². The molecule has 26 heteroatoms. The first kappa shape index (κ1) is 43.7. The molecule has 0 atom stereocenters. The lowest BCUT2D eigenvalue weighted by Gasteiger charge is -2.38.